The molecule has 1 saturated carbocycles. The number of urea groups is 1. The van der Waals surface area contributed by atoms with Crippen LogP contribution in [0.5, 0.6) is 5.75 Å². The van der Waals surface area contributed by atoms with Crippen molar-refractivity contribution < 1.29 is 27.5 Å². The van der Waals surface area contributed by atoms with Crippen LogP contribution < -0.4 is 15.4 Å². The average molecular weight is 464 g/mol. The zero-order chi connectivity index (χ0) is 21.7. The van der Waals surface area contributed by atoms with Crippen molar-refractivity contribution in [2.45, 2.75) is 36.8 Å². The third-order valence-electron chi connectivity index (χ3n) is 3.88. The quantitative estimate of drug-likeness (QED) is 0.583. The van der Waals surface area contributed by atoms with Crippen LogP contribution in [0.2, 0.25) is 5.02 Å². The lowest BCUT2D eigenvalue weighted by molar-refractivity contribution is -0.124. The normalized spacial score (nSPS) is 13.7. The number of halogens is 4. The third kappa shape index (κ3) is 6.52. The Hall–Kier alpha value is -2.47. The molecule has 1 aromatic heterocycles. The minimum Gasteiger partial charge on any atom is -0.484 e. The average Bonchev–Trinajstić information content (AvgIpc) is 3.44. The highest BCUT2D eigenvalue weighted by atomic mass is 35.5. The Morgan fingerprint density at radius 2 is 2.00 bits per heavy atom. The first kappa shape index (κ1) is 22.2. The first-order chi connectivity index (χ1) is 14.2. The summed E-state index contributed by atoms with van der Waals surface area (Å²) >= 11 is 7.10. The summed E-state index contributed by atoms with van der Waals surface area (Å²) < 4.78 is 43.8. The number of amides is 3. The number of ether oxygens (including phenoxy) is 1. The summed E-state index contributed by atoms with van der Waals surface area (Å²) in [6, 6.07) is 5.97. The van der Waals surface area contributed by atoms with Gasteiger partial charge in [-0.1, -0.05) is 35.5 Å². The van der Waals surface area contributed by atoms with Crippen molar-refractivity contribution in [3.05, 3.63) is 35.1 Å². The van der Waals surface area contributed by atoms with Crippen molar-refractivity contribution >= 4 is 35.3 Å². The zero-order valence-corrected chi connectivity index (χ0v) is 17.0. The number of nitrogens with one attached hydrogen (secondary N) is 2. The van der Waals surface area contributed by atoms with Crippen molar-refractivity contribution in [2.75, 3.05) is 12.3 Å². The van der Waals surface area contributed by atoms with Crippen LogP contribution in [0.25, 0.3) is 0 Å². The molecule has 2 aromatic rings. The number of rotatable bonds is 8. The van der Waals surface area contributed by atoms with Gasteiger partial charge >= 0.3 is 12.2 Å². The van der Waals surface area contributed by atoms with Crippen LogP contribution in [0.1, 0.15) is 24.7 Å². The number of para-hydroxylation sites is 1. The van der Waals surface area contributed by atoms with Crippen LogP contribution >= 0.6 is 23.4 Å². The van der Waals surface area contributed by atoms with Gasteiger partial charge in [0.1, 0.15) is 18.9 Å². The van der Waals surface area contributed by atoms with Crippen LogP contribution in [-0.4, -0.2) is 45.2 Å². The highest BCUT2D eigenvalue weighted by Crippen LogP contribution is 2.39. The fourth-order valence-electron chi connectivity index (χ4n) is 2.43. The van der Waals surface area contributed by atoms with Gasteiger partial charge in [0.15, 0.2) is 11.0 Å². The number of aromatic nitrogens is 3. The molecule has 2 N–H and O–H groups in total. The Labute approximate surface area is 178 Å². The molecule has 3 amide bonds. The second-order valence-corrected chi connectivity index (χ2v) is 7.70. The SMILES string of the molecule is O=C(CSc1nnc(COc2ccccc2Cl)n1C1CC1)NC(=O)NCC(F)(F)F. The van der Waals surface area contributed by atoms with E-state index in [4.69, 9.17) is 16.3 Å². The van der Waals surface area contributed by atoms with Gasteiger partial charge in [-0.25, -0.2) is 4.79 Å². The Balaban J connectivity index is 1.54. The molecule has 30 heavy (non-hydrogen) atoms. The smallest absolute Gasteiger partial charge is 0.405 e. The standard InChI is InChI=1S/C17H17ClF3N5O3S/c18-11-3-1-2-4-12(11)29-7-13-24-25-16(26(13)10-5-6-10)30-8-14(27)23-15(28)22-9-17(19,20)21/h1-4,10H,5-9H2,(H2,22,23,27,28). The predicted molar refractivity (Wildman–Crippen MR) is 102 cm³/mol. The molecular formula is C17H17ClF3N5O3S. The van der Waals surface area contributed by atoms with Gasteiger partial charge in [0.05, 0.1) is 10.8 Å². The number of hydrogen-bond acceptors (Lipinski definition) is 6. The Kier molecular flexibility index (Phi) is 7.08. The van der Waals surface area contributed by atoms with Crippen molar-refractivity contribution in [3.63, 3.8) is 0 Å². The number of benzene rings is 1. The first-order valence-corrected chi connectivity index (χ1v) is 10.2. The second-order valence-electron chi connectivity index (χ2n) is 6.35. The van der Waals surface area contributed by atoms with E-state index in [0.717, 1.165) is 24.6 Å². The van der Waals surface area contributed by atoms with Gasteiger partial charge in [0.2, 0.25) is 5.91 Å². The number of alkyl halides is 3. The fourth-order valence-corrected chi connectivity index (χ4v) is 3.44. The molecule has 1 aromatic carbocycles. The maximum absolute atomic E-state index is 12.1. The van der Waals surface area contributed by atoms with Gasteiger partial charge in [-0.05, 0) is 25.0 Å². The summed E-state index contributed by atoms with van der Waals surface area (Å²) in [5, 5.41) is 12.5. The maximum atomic E-state index is 12.1. The molecule has 13 heteroatoms. The second kappa shape index (κ2) is 9.56. The highest BCUT2D eigenvalue weighted by Gasteiger charge is 2.30. The first-order valence-electron chi connectivity index (χ1n) is 8.81. The zero-order valence-electron chi connectivity index (χ0n) is 15.4. The topological polar surface area (TPSA) is 98.1 Å². The molecule has 0 saturated heterocycles. The van der Waals surface area contributed by atoms with Crippen LogP contribution in [-0.2, 0) is 11.4 Å². The highest BCUT2D eigenvalue weighted by molar-refractivity contribution is 7.99. The van der Waals surface area contributed by atoms with Gasteiger partial charge in [-0.2, -0.15) is 13.2 Å². The molecule has 162 valence electrons. The van der Waals surface area contributed by atoms with E-state index >= 15 is 0 Å². The molecule has 3 rings (SSSR count). The van der Waals surface area contributed by atoms with Crippen LogP contribution in [0, 0.1) is 0 Å². The van der Waals surface area contributed by atoms with Gasteiger partial charge in [-0.15, -0.1) is 10.2 Å². The summed E-state index contributed by atoms with van der Waals surface area (Å²) in [5.74, 6) is 0.0976. The molecule has 0 unspecified atom stereocenters. The van der Waals surface area contributed by atoms with E-state index in [1.807, 2.05) is 9.88 Å². The summed E-state index contributed by atoms with van der Waals surface area (Å²) in [6.07, 6.45) is -2.70. The van der Waals surface area contributed by atoms with E-state index in [2.05, 4.69) is 10.2 Å². The molecule has 1 fully saturated rings. The summed E-state index contributed by atoms with van der Waals surface area (Å²) in [6.45, 7) is -1.40. The van der Waals surface area contributed by atoms with Crippen LogP contribution in [0.15, 0.2) is 29.4 Å². The molecule has 1 aliphatic carbocycles. The maximum Gasteiger partial charge on any atom is 0.405 e. The molecule has 0 aliphatic heterocycles. The number of thioether (sulfide) groups is 1. The van der Waals surface area contributed by atoms with Crippen molar-refractivity contribution in [1.29, 1.82) is 0 Å². The lowest BCUT2D eigenvalue weighted by Gasteiger charge is -2.11. The van der Waals surface area contributed by atoms with Crippen molar-refractivity contribution in [2.24, 2.45) is 0 Å². The lowest BCUT2D eigenvalue weighted by Crippen LogP contribution is -2.43. The van der Waals surface area contributed by atoms with E-state index in [1.54, 1.807) is 29.6 Å². The van der Waals surface area contributed by atoms with Gasteiger partial charge in [0, 0.05) is 6.04 Å². The molecule has 1 heterocycles. The lowest BCUT2D eigenvalue weighted by atomic mass is 10.3. The van der Waals surface area contributed by atoms with Crippen molar-refractivity contribution in [1.82, 2.24) is 25.4 Å². The molecule has 0 atom stereocenters. The van der Waals surface area contributed by atoms with Gasteiger partial charge in [0.25, 0.3) is 0 Å². The van der Waals surface area contributed by atoms with Gasteiger partial charge < -0.3 is 10.1 Å². The number of imide groups is 1. The molecule has 0 radical (unpaired) electrons. The van der Waals surface area contributed by atoms with Crippen LogP contribution in [0.3, 0.4) is 0 Å². The van der Waals surface area contributed by atoms with E-state index in [1.165, 1.54) is 0 Å². The molecule has 1 aliphatic rings. The Morgan fingerprint density at radius 3 is 2.67 bits per heavy atom. The monoisotopic (exact) mass is 463 g/mol. The number of hydrogen-bond donors (Lipinski definition) is 2. The Bertz CT molecular complexity index is 920. The van der Waals surface area contributed by atoms with Crippen LogP contribution in [0.4, 0.5) is 18.0 Å². The van der Waals surface area contributed by atoms with E-state index < -0.39 is 24.7 Å². The number of carbonyl (C=O) groups is 2. The molecule has 0 spiro atoms. The Morgan fingerprint density at radius 1 is 1.27 bits per heavy atom. The third-order valence-corrected chi connectivity index (χ3v) is 5.13. The van der Waals surface area contributed by atoms with E-state index in [9.17, 15) is 22.8 Å². The van der Waals surface area contributed by atoms with E-state index in [0.29, 0.717) is 21.8 Å². The number of nitrogens with zero attached hydrogens (tertiary/aromatic N) is 3. The molecule has 0 bridgehead atoms. The largest absolute Gasteiger partial charge is 0.484 e. The number of carbonyl (C=O) groups excluding carboxylic acids is 2. The summed E-state index contributed by atoms with van der Waals surface area (Å²) in [4.78, 5) is 23.2. The predicted octanol–water partition coefficient (Wildman–Crippen LogP) is 3.33. The minimum atomic E-state index is -4.56. The molecular weight excluding hydrogens is 447 g/mol. The fraction of sp³-hybridized carbons (Fsp3) is 0.412. The van der Waals surface area contributed by atoms with Crippen molar-refractivity contribution in [3.8, 4) is 5.75 Å². The van der Waals surface area contributed by atoms with Gasteiger partial charge in [-0.3, -0.25) is 14.7 Å². The summed E-state index contributed by atoms with van der Waals surface area (Å²) in [5.41, 5.74) is 0. The van der Waals surface area contributed by atoms with E-state index in [-0.39, 0.29) is 18.4 Å². The minimum absolute atomic E-state index is 0.125. The molecule has 8 nitrogen and oxygen atoms in total. The summed E-state index contributed by atoms with van der Waals surface area (Å²) in [7, 11) is 0.